The molecule has 0 radical (unpaired) electrons. The molecule has 152 valence electrons. The van der Waals surface area contributed by atoms with Crippen LogP contribution in [-0.4, -0.2) is 24.0 Å². The van der Waals surface area contributed by atoms with E-state index in [-0.39, 0.29) is 17.4 Å². The first-order chi connectivity index (χ1) is 14.5. The van der Waals surface area contributed by atoms with Crippen molar-refractivity contribution < 1.29 is 14.3 Å². The molecule has 0 bridgehead atoms. The number of rotatable bonds is 5. The highest BCUT2D eigenvalue weighted by Crippen LogP contribution is 2.19. The van der Waals surface area contributed by atoms with E-state index in [2.05, 4.69) is 16.2 Å². The summed E-state index contributed by atoms with van der Waals surface area (Å²) in [6.45, 7) is 0. The average Bonchev–Trinajstić information content (AvgIpc) is 2.77. The number of hydrazine groups is 1. The van der Waals surface area contributed by atoms with E-state index in [1.54, 1.807) is 37.5 Å². The van der Waals surface area contributed by atoms with E-state index in [1.807, 2.05) is 42.5 Å². The second-order valence-electron chi connectivity index (χ2n) is 6.42. The Labute approximate surface area is 179 Å². The van der Waals surface area contributed by atoms with Gasteiger partial charge in [-0.25, -0.2) is 0 Å². The highest BCUT2D eigenvalue weighted by Gasteiger charge is 2.06. The first-order valence-corrected chi connectivity index (χ1v) is 9.64. The highest BCUT2D eigenvalue weighted by atomic mass is 32.1. The van der Waals surface area contributed by atoms with Crippen LogP contribution in [0.25, 0.3) is 16.8 Å². The Morgan fingerprint density at radius 1 is 0.967 bits per heavy atom. The Kier molecular flexibility index (Phi) is 7.13. The van der Waals surface area contributed by atoms with Crippen molar-refractivity contribution in [3.63, 3.8) is 0 Å². The SMILES string of the molecule is COc1ccc(CC(=O)NNC(=S)NC(=O)C=Cc2cccc3ccccc23)cc1. The third-order valence-corrected chi connectivity index (χ3v) is 4.52. The van der Waals surface area contributed by atoms with Crippen LogP contribution in [0.1, 0.15) is 11.1 Å². The summed E-state index contributed by atoms with van der Waals surface area (Å²) in [7, 11) is 1.58. The third-order valence-electron chi connectivity index (χ3n) is 4.31. The van der Waals surface area contributed by atoms with E-state index in [0.717, 1.165) is 27.6 Å². The summed E-state index contributed by atoms with van der Waals surface area (Å²) in [5.41, 5.74) is 6.74. The quantitative estimate of drug-likeness (QED) is 0.336. The molecule has 0 aliphatic heterocycles. The summed E-state index contributed by atoms with van der Waals surface area (Å²) in [6.07, 6.45) is 3.28. The molecule has 0 saturated heterocycles. The van der Waals surface area contributed by atoms with Gasteiger partial charge in [-0.15, -0.1) is 0 Å². The molecule has 0 atom stereocenters. The molecular weight excluding hydrogens is 398 g/mol. The number of nitrogens with one attached hydrogen (secondary N) is 3. The van der Waals surface area contributed by atoms with E-state index >= 15 is 0 Å². The van der Waals surface area contributed by atoms with Crippen molar-refractivity contribution in [1.82, 2.24) is 16.2 Å². The summed E-state index contributed by atoms with van der Waals surface area (Å²) in [6, 6.07) is 21.0. The number of fused-ring (bicyclic) bond motifs is 1. The summed E-state index contributed by atoms with van der Waals surface area (Å²) < 4.78 is 5.08. The predicted molar refractivity (Wildman–Crippen MR) is 122 cm³/mol. The molecule has 0 spiro atoms. The molecule has 0 heterocycles. The molecule has 0 aliphatic rings. The number of hydrogen-bond acceptors (Lipinski definition) is 4. The van der Waals surface area contributed by atoms with Crippen molar-refractivity contribution in [2.24, 2.45) is 0 Å². The van der Waals surface area contributed by atoms with E-state index in [9.17, 15) is 9.59 Å². The number of methoxy groups -OCH3 is 1. The summed E-state index contributed by atoms with van der Waals surface area (Å²) in [5.74, 6) is 0.0330. The van der Waals surface area contributed by atoms with Crippen LogP contribution in [0.3, 0.4) is 0 Å². The molecule has 0 fully saturated rings. The topological polar surface area (TPSA) is 79.5 Å². The molecule has 3 rings (SSSR count). The van der Waals surface area contributed by atoms with Gasteiger partial charge in [-0.1, -0.05) is 54.6 Å². The molecule has 3 N–H and O–H groups in total. The van der Waals surface area contributed by atoms with Crippen LogP contribution in [0.4, 0.5) is 0 Å². The number of ether oxygens (including phenoxy) is 1. The van der Waals surface area contributed by atoms with Crippen molar-refractivity contribution in [2.75, 3.05) is 7.11 Å². The molecule has 7 heteroatoms. The third kappa shape index (κ3) is 5.89. The minimum Gasteiger partial charge on any atom is -0.497 e. The van der Waals surface area contributed by atoms with Gasteiger partial charge in [0.05, 0.1) is 13.5 Å². The maximum atomic E-state index is 12.1. The molecular formula is C23H21N3O3S. The summed E-state index contributed by atoms with van der Waals surface area (Å²) >= 11 is 5.05. The number of thiocarbonyl (C=S) groups is 1. The van der Waals surface area contributed by atoms with E-state index in [1.165, 1.54) is 6.08 Å². The number of benzene rings is 3. The molecule has 2 amide bonds. The number of carbonyl (C=O) groups is 2. The first kappa shape index (κ1) is 21.0. The lowest BCUT2D eigenvalue weighted by Crippen LogP contribution is -2.48. The smallest absolute Gasteiger partial charge is 0.250 e. The normalized spacial score (nSPS) is 10.6. The van der Waals surface area contributed by atoms with E-state index in [4.69, 9.17) is 17.0 Å². The predicted octanol–water partition coefficient (Wildman–Crippen LogP) is 3.13. The Morgan fingerprint density at radius 2 is 1.70 bits per heavy atom. The molecule has 0 aromatic heterocycles. The van der Waals surface area contributed by atoms with Crippen LogP contribution in [0.2, 0.25) is 0 Å². The second-order valence-corrected chi connectivity index (χ2v) is 6.83. The Morgan fingerprint density at radius 3 is 2.47 bits per heavy atom. The number of amides is 2. The minimum atomic E-state index is -0.398. The Balaban J connectivity index is 1.47. The zero-order valence-corrected chi connectivity index (χ0v) is 17.2. The molecule has 0 unspecified atom stereocenters. The molecule has 3 aromatic rings. The number of hydrogen-bond donors (Lipinski definition) is 3. The van der Waals surface area contributed by atoms with Crippen molar-refractivity contribution in [2.45, 2.75) is 6.42 Å². The highest BCUT2D eigenvalue weighted by molar-refractivity contribution is 7.80. The fraction of sp³-hybridized carbons (Fsp3) is 0.0870. The molecule has 3 aromatic carbocycles. The Bertz CT molecular complexity index is 1090. The van der Waals surface area contributed by atoms with Gasteiger partial charge in [0.25, 0.3) is 0 Å². The molecule has 0 aliphatic carbocycles. The van der Waals surface area contributed by atoms with Gasteiger partial charge in [-0.05, 0) is 52.3 Å². The van der Waals surface area contributed by atoms with Crippen molar-refractivity contribution in [3.05, 3.63) is 83.9 Å². The lowest BCUT2D eigenvalue weighted by atomic mass is 10.0. The maximum absolute atomic E-state index is 12.1. The lowest BCUT2D eigenvalue weighted by molar-refractivity contribution is -0.121. The van der Waals surface area contributed by atoms with E-state index < -0.39 is 5.91 Å². The van der Waals surface area contributed by atoms with Crippen LogP contribution in [-0.2, 0) is 16.0 Å². The van der Waals surface area contributed by atoms with Crippen molar-refractivity contribution in [1.29, 1.82) is 0 Å². The number of carbonyl (C=O) groups excluding carboxylic acids is 2. The summed E-state index contributed by atoms with van der Waals surface area (Å²) in [4.78, 5) is 24.1. The van der Waals surface area contributed by atoms with Crippen LogP contribution >= 0.6 is 12.2 Å². The summed E-state index contributed by atoms with van der Waals surface area (Å²) in [5, 5.41) is 4.65. The van der Waals surface area contributed by atoms with Gasteiger partial charge in [0.2, 0.25) is 11.8 Å². The minimum absolute atomic E-state index is 0.00523. The monoisotopic (exact) mass is 419 g/mol. The van der Waals surface area contributed by atoms with Crippen molar-refractivity contribution >= 4 is 46.0 Å². The Hall–Kier alpha value is -3.71. The fourth-order valence-corrected chi connectivity index (χ4v) is 3.00. The van der Waals surface area contributed by atoms with Crippen LogP contribution in [0.15, 0.2) is 72.8 Å². The van der Waals surface area contributed by atoms with Crippen LogP contribution in [0, 0.1) is 0 Å². The second kappa shape index (κ2) is 10.2. The van der Waals surface area contributed by atoms with Gasteiger partial charge in [0.1, 0.15) is 5.75 Å². The molecule has 6 nitrogen and oxygen atoms in total. The van der Waals surface area contributed by atoms with Gasteiger partial charge in [0.15, 0.2) is 5.11 Å². The largest absolute Gasteiger partial charge is 0.497 e. The molecule has 0 saturated carbocycles. The maximum Gasteiger partial charge on any atom is 0.250 e. The van der Waals surface area contributed by atoms with Gasteiger partial charge < -0.3 is 4.74 Å². The zero-order valence-electron chi connectivity index (χ0n) is 16.3. The van der Waals surface area contributed by atoms with Crippen molar-refractivity contribution in [3.8, 4) is 5.75 Å². The average molecular weight is 420 g/mol. The van der Waals surface area contributed by atoms with Gasteiger partial charge in [0, 0.05) is 6.08 Å². The van der Waals surface area contributed by atoms with E-state index in [0.29, 0.717) is 0 Å². The molecule has 30 heavy (non-hydrogen) atoms. The van der Waals surface area contributed by atoms with Gasteiger partial charge in [-0.2, -0.15) is 0 Å². The fourth-order valence-electron chi connectivity index (χ4n) is 2.85. The van der Waals surface area contributed by atoms with Crippen LogP contribution < -0.4 is 20.9 Å². The first-order valence-electron chi connectivity index (χ1n) is 9.24. The standard InChI is InChI=1S/C23H21N3O3S/c1-29-19-12-9-16(10-13-19)15-22(28)25-26-23(30)24-21(27)14-11-18-7-4-6-17-5-2-3-8-20(17)18/h2-14H,15H2,1H3,(H,25,28)(H2,24,26,27,30). The lowest BCUT2D eigenvalue weighted by Gasteiger charge is -2.10. The zero-order chi connectivity index (χ0) is 21.3. The van der Waals surface area contributed by atoms with Crippen LogP contribution in [0.5, 0.6) is 5.75 Å². The van der Waals surface area contributed by atoms with Gasteiger partial charge in [-0.3, -0.25) is 25.8 Å². The van der Waals surface area contributed by atoms with Gasteiger partial charge >= 0.3 is 0 Å².